The molecule has 2 rings (SSSR count). The van der Waals surface area contributed by atoms with Crippen molar-refractivity contribution in [3.05, 3.63) is 0 Å². The highest BCUT2D eigenvalue weighted by Gasteiger charge is 2.41. The number of carbonyl (C=O) groups excluding carboxylic acids is 2. The molecule has 18 heavy (non-hydrogen) atoms. The molecule has 1 aliphatic heterocycles. The molecule has 1 saturated heterocycles. The van der Waals surface area contributed by atoms with Crippen molar-refractivity contribution in [2.75, 3.05) is 6.54 Å². The summed E-state index contributed by atoms with van der Waals surface area (Å²) in [6.07, 6.45) is 4.55. The normalized spacial score (nSPS) is 30.3. The maximum Gasteiger partial charge on any atom is 0.245 e. The average molecular weight is 252 g/mol. The highest BCUT2D eigenvalue weighted by Crippen LogP contribution is 2.33. The summed E-state index contributed by atoms with van der Waals surface area (Å²) in [6.45, 7) is 6.64. The van der Waals surface area contributed by atoms with Gasteiger partial charge in [-0.3, -0.25) is 9.59 Å². The van der Waals surface area contributed by atoms with Gasteiger partial charge in [-0.2, -0.15) is 0 Å². The van der Waals surface area contributed by atoms with Crippen molar-refractivity contribution in [3.8, 4) is 0 Å². The standard InChI is InChI=1S/C14H24N2O2/c1-4-9(2)12-13(17)15-10(3)14(18)16(12)8-7-11-5-6-11/h9-12H,4-8H2,1-3H3,(H,15,17). The minimum absolute atomic E-state index is 0.0206. The van der Waals surface area contributed by atoms with Crippen LogP contribution in [0.15, 0.2) is 0 Å². The molecule has 1 aliphatic carbocycles. The minimum atomic E-state index is -0.364. The third-order valence-electron chi connectivity index (χ3n) is 4.27. The number of rotatable bonds is 5. The van der Waals surface area contributed by atoms with Gasteiger partial charge in [0, 0.05) is 6.54 Å². The first kappa shape index (κ1) is 13.4. The first-order valence-electron chi connectivity index (χ1n) is 7.15. The summed E-state index contributed by atoms with van der Waals surface area (Å²) < 4.78 is 0. The summed E-state index contributed by atoms with van der Waals surface area (Å²) in [7, 11) is 0. The lowest BCUT2D eigenvalue weighted by Gasteiger charge is -2.40. The van der Waals surface area contributed by atoms with Gasteiger partial charge in [0.1, 0.15) is 12.1 Å². The second-order valence-electron chi connectivity index (χ2n) is 5.82. The highest BCUT2D eigenvalue weighted by atomic mass is 16.2. The van der Waals surface area contributed by atoms with Crippen LogP contribution < -0.4 is 5.32 Å². The van der Waals surface area contributed by atoms with E-state index in [1.165, 1.54) is 12.8 Å². The Kier molecular flexibility index (Phi) is 3.93. The molecule has 2 amide bonds. The third-order valence-corrected chi connectivity index (χ3v) is 4.27. The molecule has 102 valence electrons. The van der Waals surface area contributed by atoms with Crippen molar-refractivity contribution >= 4 is 11.8 Å². The number of hydrogen-bond acceptors (Lipinski definition) is 2. The molecular weight excluding hydrogens is 228 g/mol. The van der Waals surface area contributed by atoms with E-state index >= 15 is 0 Å². The van der Waals surface area contributed by atoms with Crippen molar-refractivity contribution < 1.29 is 9.59 Å². The Labute approximate surface area is 109 Å². The lowest BCUT2D eigenvalue weighted by Crippen LogP contribution is -2.64. The van der Waals surface area contributed by atoms with Crippen LogP contribution in [0.5, 0.6) is 0 Å². The van der Waals surface area contributed by atoms with E-state index in [1.54, 1.807) is 6.92 Å². The predicted octanol–water partition coefficient (Wildman–Crippen LogP) is 1.55. The Morgan fingerprint density at radius 2 is 2.06 bits per heavy atom. The zero-order valence-corrected chi connectivity index (χ0v) is 11.6. The fourth-order valence-corrected chi connectivity index (χ4v) is 2.65. The average Bonchev–Trinajstić information content (AvgIpc) is 3.15. The van der Waals surface area contributed by atoms with Gasteiger partial charge in [-0.15, -0.1) is 0 Å². The van der Waals surface area contributed by atoms with Crippen LogP contribution in [0, 0.1) is 11.8 Å². The van der Waals surface area contributed by atoms with E-state index in [0.29, 0.717) is 0 Å². The Morgan fingerprint density at radius 1 is 1.39 bits per heavy atom. The number of carbonyl (C=O) groups is 2. The van der Waals surface area contributed by atoms with E-state index < -0.39 is 0 Å². The van der Waals surface area contributed by atoms with Crippen molar-refractivity contribution in [3.63, 3.8) is 0 Å². The van der Waals surface area contributed by atoms with E-state index in [0.717, 1.165) is 25.3 Å². The molecule has 0 aromatic carbocycles. The van der Waals surface area contributed by atoms with Crippen molar-refractivity contribution in [1.82, 2.24) is 10.2 Å². The summed E-state index contributed by atoms with van der Waals surface area (Å²) in [5.74, 6) is 1.11. The van der Waals surface area contributed by atoms with Crippen molar-refractivity contribution in [1.29, 1.82) is 0 Å². The molecule has 0 spiro atoms. The Hall–Kier alpha value is -1.06. The summed E-state index contributed by atoms with van der Waals surface area (Å²) in [5.41, 5.74) is 0. The van der Waals surface area contributed by atoms with Gasteiger partial charge in [0.25, 0.3) is 0 Å². The van der Waals surface area contributed by atoms with Crippen LogP contribution in [0.1, 0.15) is 46.5 Å². The molecule has 1 N–H and O–H groups in total. The molecule has 1 saturated carbocycles. The van der Waals surface area contributed by atoms with Crippen LogP contribution in [-0.4, -0.2) is 35.3 Å². The lowest BCUT2D eigenvalue weighted by molar-refractivity contribution is -0.151. The fourth-order valence-electron chi connectivity index (χ4n) is 2.65. The molecule has 0 aromatic rings. The molecule has 2 fully saturated rings. The Balaban J connectivity index is 2.09. The molecule has 3 unspecified atom stereocenters. The van der Waals surface area contributed by atoms with Gasteiger partial charge in [-0.1, -0.05) is 33.1 Å². The van der Waals surface area contributed by atoms with Gasteiger partial charge in [-0.25, -0.2) is 0 Å². The van der Waals surface area contributed by atoms with Gasteiger partial charge in [0.2, 0.25) is 11.8 Å². The molecule has 4 nitrogen and oxygen atoms in total. The van der Waals surface area contributed by atoms with E-state index in [4.69, 9.17) is 0 Å². The molecular formula is C14H24N2O2. The van der Waals surface area contributed by atoms with Crippen molar-refractivity contribution in [2.24, 2.45) is 11.8 Å². The summed E-state index contributed by atoms with van der Waals surface area (Å²) in [5, 5.41) is 2.80. The van der Waals surface area contributed by atoms with E-state index in [1.807, 2.05) is 4.90 Å². The van der Waals surface area contributed by atoms with Crippen LogP contribution in [0.4, 0.5) is 0 Å². The molecule has 0 bridgehead atoms. The topological polar surface area (TPSA) is 49.4 Å². The van der Waals surface area contributed by atoms with Crippen LogP contribution in [0.3, 0.4) is 0 Å². The Morgan fingerprint density at radius 3 is 2.61 bits per heavy atom. The van der Waals surface area contributed by atoms with Gasteiger partial charge in [-0.05, 0) is 25.2 Å². The summed E-state index contributed by atoms with van der Waals surface area (Å²) >= 11 is 0. The molecule has 0 aromatic heterocycles. The molecule has 3 atom stereocenters. The lowest BCUT2D eigenvalue weighted by atomic mass is 9.93. The van der Waals surface area contributed by atoms with Crippen molar-refractivity contribution in [2.45, 2.75) is 58.5 Å². The van der Waals surface area contributed by atoms with Crippen LogP contribution in [0.25, 0.3) is 0 Å². The first-order valence-corrected chi connectivity index (χ1v) is 7.15. The number of hydrogen-bond donors (Lipinski definition) is 1. The molecule has 4 heteroatoms. The fraction of sp³-hybridized carbons (Fsp3) is 0.857. The van der Waals surface area contributed by atoms with Gasteiger partial charge >= 0.3 is 0 Å². The minimum Gasteiger partial charge on any atom is -0.343 e. The van der Waals surface area contributed by atoms with Crippen LogP contribution in [-0.2, 0) is 9.59 Å². The molecule has 2 aliphatic rings. The quantitative estimate of drug-likeness (QED) is 0.807. The largest absolute Gasteiger partial charge is 0.343 e. The zero-order valence-electron chi connectivity index (χ0n) is 11.6. The van der Waals surface area contributed by atoms with E-state index in [9.17, 15) is 9.59 Å². The monoisotopic (exact) mass is 252 g/mol. The molecule has 1 heterocycles. The second-order valence-corrected chi connectivity index (χ2v) is 5.82. The second kappa shape index (κ2) is 5.29. The van der Waals surface area contributed by atoms with E-state index in [-0.39, 0.29) is 29.8 Å². The van der Waals surface area contributed by atoms with Gasteiger partial charge in [0.15, 0.2) is 0 Å². The number of nitrogens with zero attached hydrogens (tertiary/aromatic N) is 1. The zero-order chi connectivity index (χ0) is 13.3. The third kappa shape index (κ3) is 2.68. The maximum atomic E-state index is 12.2. The number of nitrogens with one attached hydrogen (secondary N) is 1. The van der Waals surface area contributed by atoms with E-state index in [2.05, 4.69) is 19.2 Å². The SMILES string of the molecule is CCC(C)C1C(=O)NC(C)C(=O)N1CCC1CC1. The molecule has 0 radical (unpaired) electrons. The van der Waals surface area contributed by atoms with Crippen LogP contribution >= 0.6 is 0 Å². The first-order chi connectivity index (χ1) is 8.54. The van der Waals surface area contributed by atoms with Crippen LogP contribution in [0.2, 0.25) is 0 Å². The maximum absolute atomic E-state index is 12.2. The van der Waals surface area contributed by atoms with Gasteiger partial charge < -0.3 is 10.2 Å². The number of amides is 2. The predicted molar refractivity (Wildman–Crippen MR) is 69.9 cm³/mol. The Bertz CT molecular complexity index is 339. The highest BCUT2D eigenvalue weighted by molar-refractivity contribution is 5.96. The summed E-state index contributed by atoms with van der Waals surface area (Å²) in [6, 6.07) is -0.630. The number of piperazine rings is 1. The summed E-state index contributed by atoms with van der Waals surface area (Å²) in [4.78, 5) is 26.2. The van der Waals surface area contributed by atoms with Gasteiger partial charge in [0.05, 0.1) is 0 Å². The smallest absolute Gasteiger partial charge is 0.245 e.